The predicted octanol–water partition coefficient (Wildman–Crippen LogP) is 3.45. The van der Waals surface area contributed by atoms with Gasteiger partial charge in [-0.05, 0) is 41.1 Å². The highest BCUT2D eigenvalue weighted by Crippen LogP contribution is 2.21. The fourth-order valence-electron chi connectivity index (χ4n) is 1.23. The molecule has 2 aromatic heterocycles. The van der Waals surface area contributed by atoms with Crippen LogP contribution in [0.2, 0.25) is 4.34 Å². The van der Waals surface area contributed by atoms with E-state index in [4.69, 9.17) is 11.6 Å². The van der Waals surface area contributed by atoms with Gasteiger partial charge in [0, 0.05) is 17.6 Å². The second-order valence-corrected chi connectivity index (χ2v) is 6.06. The van der Waals surface area contributed by atoms with Gasteiger partial charge >= 0.3 is 0 Å². The van der Waals surface area contributed by atoms with Crippen LogP contribution < -0.4 is 5.32 Å². The van der Waals surface area contributed by atoms with Crippen LogP contribution >= 0.6 is 45.5 Å². The maximum atomic E-state index is 5.86. The number of nitrogens with zero attached hydrogens (tertiary/aromatic N) is 2. The molecule has 2 heterocycles. The second-order valence-electron chi connectivity index (χ2n) is 3.10. The van der Waals surface area contributed by atoms with Gasteiger partial charge in [0.05, 0.1) is 7.91 Å². The van der Waals surface area contributed by atoms with Crippen LogP contribution in [0.4, 0.5) is 5.82 Å². The van der Waals surface area contributed by atoms with Gasteiger partial charge in [-0.25, -0.2) is 9.97 Å². The van der Waals surface area contributed by atoms with Gasteiger partial charge in [0.2, 0.25) is 0 Å². The molecule has 84 valence electrons. The molecule has 2 aromatic rings. The quantitative estimate of drug-likeness (QED) is 0.843. The molecular formula is C10H9ClIN3S. The zero-order valence-electron chi connectivity index (χ0n) is 8.28. The highest BCUT2D eigenvalue weighted by molar-refractivity contribution is 14.1. The van der Waals surface area contributed by atoms with Gasteiger partial charge in [-0.3, -0.25) is 0 Å². The lowest BCUT2D eigenvalue weighted by Crippen LogP contribution is -2.07. The van der Waals surface area contributed by atoms with Crippen molar-refractivity contribution >= 4 is 51.3 Å². The molecule has 0 fully saturated rings. The Morgan fingerprint density at radius 2 is 2.31 bits per heavy atom. The lowest BCUT2D eigenvalue weighted by atomic mass is 10.3. The van der Waals surface area contributed by atoms with Crippen molar-refractivity contribution in [1.82, 2.24) is 9.97 Å². The summed E-state index contributed by atoms with van der Waals surface area (Å²) in [6.45, 7) is 0.851. The Bertz CT molecular complexity index is 475. The minimum atomic E-state index is 0.839. The molecule has 0 saturated carbocycles. The molecule has 3 nitrogen and oxygen atoms in total. The number of nitrogens with one attached hydrogen (secondary N) is 1. The van der Waals surface area contributed by atoms with E-state index < -0.39 is 0 Å². The molecule has 0 aromatic carbocycles. The fourth-order valence-corrected chi connectivity index (χ4v) is 2.81. The summed E-state index contributed by atoms with van der Waals surface area (Å²) in [6, 6.07) is 3.98. The zero-order valence-corrected chi connectivity index (χ0v) is 12.0. The van der Waals surface area contributed by atoms with E-state index in [2.05, 4.69) is 43.9 Å². The molecule has 0 atom stereocenters. The van der Waals surface area contributed by atoms with Crippen molar-refractivity contribution in [2.24, 2.45) is 0 Å². The monoisotopic (exact) mass is 365 g/mol. The maximum Gasteiger partial charge on any atom is 0.142 e. The Kier molecular flexibility index (Phi) is 4.37. The van der Waals surface area contributed by atoms with Crippen molar-refractivity contribution in [2.45, 2.75) is 6.42 Å². The van der Waals surface area contributed by atoms with Crippen LogP contribution in [0.1, 0.15) is 4.88 Å². The lowest BCUT2D eigenvalue weighted by Gasteiger charge is -2.05. The molecule has 0 bridgehead atoms. The maximum absolute atomic E-state index is 5.86. The molecule has 1 N–H and O–H groups in total. The summed E-state index contributed by atoms with van der Waals surface area (Å²) in [5.41, 5.74) is 0. The third-order valence-electron chi connectivity index (χ3n) is 1.96. The van der Waals surface area contributed by atoms with Crippen LogP contribution in [0.25, 0.3) is 0 Å². The van der Waals surface area contributed by atoms with Crippen LogP contribution in [-0.4, -0.2) is 16.5 Å². The number of rotatable bonds is 4. The first-order valence-electron chi connectivity index (χ1n) is 4.69. The summed E-state index contributed by atoms with van der Waals surface area (Å²) < 4.78 is 1.87. The first kappa shape index (κ1) is 12.1. The highest BCUT2D eigenvalue weighted by Gasteiger charge is 2.01. The normalized spacial score (nSPS) is 10.4. The van der Waals surface area contributed by atoms with Crippen LogP contribution in [0, 0.1) is 3.57 Å². The van der Waals surface area contributed by atoms with Gasteiger partial charge in [0.1, 0.15) is 12.1 Å². The largest absolute Gasteiger partial charge is 0.369 e. The van der Waals surface area contributed by atoms with Gasteiger partial charge in [0.15, 0.2) is 0 Å². The van der Waals surface area contributed by atoms with E-state index in [9.17, 15) is 0 Å². The molecule has 0 aliphatic heterocycles. The Balaban J connectivity index is 1.87. The average molecular weight is 366 g/mol. The van der Waals surface area contributed by atoms with E-state index in [1.807, 2.05) is 6.07 Å². The number of hydrogen-bond donors (Lipinski definition) is 1. The van der Waals surface area contributed by atoms with Crippen molar-refractivity contribution in [3.8, 4) is 0 Å². The molecule has 0 aliphatic carbocycles. The summed E-state index contributed by atoms with van der Waals surface area (Å²) in [5.74, 6) is 0.887. The standard InChI is InChI=1S/C10H9ClIN3S/c11-9-2-1-7(16-9)3-4-14-10-8(12)5-13-6-15-10/h1-2,5-6H,3-4H2,(H,13,14,15). The van der Waals surface area contributed by atoms with Crippen molar-refractivity contribution in [1.29, 1.82) is 0 Å². The van der Waals surface area contributed by atoms with Crippen molar-refractivity contribution in [3.63, 3.8) is 0 Å². The first-order valence-corrected chi connectivity index (χ1v) is 6.96. The molecule has 16 heavy (non-hydrogen) atoms. The molecular weight excluding hydrogens is 357 g/mol. The van der Waals surface area contributed by atoms with E-state index in [-0.39, 0.29) is 0 Å². The van der Waals surface area contributed by atoms with E-state index in [0.29, 0.717) is 0 Å². The van der Waals surface area contributed by atoms with Crippen molar-refractivity contribution in [3.05, 3.63) is 37.4 Å². The topological polar surface area (TPSA) is 37.8 Å². The van der Waals surface area contributed by atoms with Crippen molar-refractivity contribution in [2.75, 3.05) is 11.9 Å². The minimum Gasteiger partial charge on any atom is -0.369 e. The lowest BCUT2D eigenvalue weighted by molar-refractivity contribution is 1.01. The summed E-state index contributed by atoms with van der Waals surface area (Å²) in [7, 11) is 0. The van der Waals surface area contributed by atoms with Crippen LogP contribution in [0.15, 0.2) is 24.7 Å². The smallest absolute Gasteiger partial charge is 0.142 e. The van der Waals surface area contributed by atoms with Crippen molar-refractivity contribution < 1.29 is 0 Å². The molecule has 0 amide bonds. The van der Waals surface area contributed by atoms with Gasteiger partial charge in [-0.15, -0.1) is 11.3 Å². The van der Waals surface area contributed by atoms with Gasteiger partial charge in [-0.1, -0.05) is 11.6 Å². The third-order valence-corrected chi connectivity index (χ3v) is 4.04. The summed E-state index contributed by atoms with van der Waals surface area (Å²) in [4.78, 5) is 9.38. The Morgan fingerprint density at radius 1 is 1.44 bits per heavy atom. The zero-order chi connectivity index (χ0) is 11.4. The molecule has 0 spiro atoms. The second kappa shape index (κ2) is 5.79. The van der Waals surface area contributed by atoms with E-state index in [1.165, 1.54) is 4.88 Å². The summed E-state index contributed by atoms with van der Waals surface area (Å²) in [6.07, 6.45) is 4.29. The molecule has 0 saturated heterocycles. The molecule has 0 unspecified atom stereocenters. The van der Waals surface area contributed by atoms with Crippen LogP contribution in [0.3, 0.4) is 0 Å². The first-order chi connectivity index (χ1) is 7.75. The molecule has 6 heteroatoms. The Hall–Kier alpha value is -0.400. The minimum absolute atomic E-state index is 0.839. The highest BCUT2D eigenvalue weighted by atomic mass is 127. The number of halogens is 2. The van der Waals surface area contributed by atoms with Gasteiger partial charge in [-0.2, -0.15) is 0 Å². The molecule has 2 rings (SSSR count). The molecule has 0 aliphatic rings. The fraction of sp³-hybridized carbons (Fsp3) is 0.200. The number of thiophene rings is 1. The summed E-state index contributed by atoms with van der Waals surface area (Å²) in [5, 5.41) is 3.28. The predicted molar refractivity (Wildman–Crippen MR) is 76.3 cm³/mol. The van der Waals surface area contributed by atoms with Crippen LogP contribution in [0.5, 0.6) is 0 Å². The summed E-state index contributed by atoms with van der Waals surface area (Å²) >= 11 is 9.69. The molecule has 0 radical (unpaired) electrons. The van der Waals surface area contributed by atoms with E-state index in [0.717, 1.165) is 26.7 Å². The average Bonchev–Trinajstić information content (AvgIpc) is 2.67. The number of anilines is 1. The Morgan fingerprint density at radius 3 is 3.00 bits per heavy atom. The van der Waals surface area contributed by atoms with E-state index >= 15 is 0 Å². The Labute approximate surface area is 116 Å². The number of hydrogen-bond acceptors (Lipinski definition) is 4. The van der Waals surface area contributed by atoms with Gasteiger partial charge in [0.25, 0.3) is 0 Å². The number of aromatic nitrogens is 2. The van der Waals surface area contributed by atoms with Crippen LogP contribution in [-0.2, 0) is 6.42 Å². The van der Waals surface area contributed by atoms with Gasteiger partial charge < -0.3 is 5.32 Å². The third kappa shape index (κ3) is 3.29. The SMILES string of the molecule is Clc1ccc(CCNc2ncncc2I)s1. The van der Waals surface area contributed by atoms with E-state index in [1.54, 1.807) is 23.9 Å².